The van der Waals surface area contributed by atoms with Gasteiger partial charge in [-0.25, -0.2) is 4.98 Å². The lowest BCUT2D eigenvalue weighted by molar-refractivity contribution is 0.0941. The second-order valence-electron chi connectivity index (χ2n) is 6.63. The van der Waals surface area contributed by atoms with Gasteiger partial charge in [-0.05, 0) is 25.1 Å². The number of nitrogens with one attached hydrogen (secondary N) is 2. The molecule has 1 unspecified atom stereocenters. The van der Waals surface area contributed by atoms with Crippen LogP contribution in [0.15, 0.2) is 24.4 Å². The van der Waals surface area contributed by atoms with Crippen LogP contribution in [0.25, 0.3) is 0 Å². The number of aromatic nitrogens is 2. The zero-order valence-corrected chi connectivity index (χ0v) is 14.4. The molecular weight excluding hydrogens is 342 g/mol. The highest BCUT2D eigenvalue weighted by molar-refractivity contribution is 6.31. The number of halogens is 1. The first-order valence-corrected chi connectivity index (χ1v) is 8.49. The number of anilines is 1. The van der Waals surface area contributed by atoms with Crippen molar-refractivity contribution in [3.05, 3.63) is 46.4 Å². The SMILES string of the molecule is Cc1[nH]c(C(=O)NC2[C@H]3CN(c4ncccc4C(N)=O)C[C@@H]23)cc1Cl. The van der Waals surface area contributed by atoms with Crippen molar-refractivity contribution in [1.29, 1.82) is 0 Å². The van der Waals surface area contributed by atoms with E-state index in [0.717, 1.165) is 18.8 Å². The Morgan fingerprint density at radius 3 is 2.72 bits per heavy atom. The van der Waals surface area contributed by atoms with Crippen LogP contribution < -0.4 is 16.0 Å². The van der Waals surface area contributed by atoms with Gasteiger partial charge in [-0.15, -0.1) is 0 Å². The van der Waals surface area contributed by atoms with E-state index < -0.39 is 5.91 Å². The maximum absolute atomic E-state index is 12.3. The molecule has 2 amide bonds. The van der Waals surface area contributed by atoms with Gasteiger partial charge in [0.05, 0.1) is 10.6 Å². The molecule has 3 heterocycles. The number of hydrogen-bond donors (Lipinski definition) is 3. The number of piperidine rings is 1. The number of nitrogens with two attached hydrogens (primary N) is 1. The van der Waals surface area contributed by atoms with Gasteiger partial charge in [-0.3, -0.25) is 9.59 Å². The van der Waals surface area contributed by atoms with Crippen LogP contribution in [0.4, 0.5) is 5.82 Å². The van der Waals surface area contributed by atoms with E-state index in [1.54, 1.807) is 24.4 Å². The molecule has 1 saturated carbocycles. The summed E-state index contributed by atoms with van der Waals surface area (Å²) >= 11 is 5.99. The summed E-state index contributed by atoms with van der Waals surface area (Å²) in [5, 5.41) is 3.61. The van der Waals surface area contributed by atoms with Crippen molar-refractivity contribution >= 4 is 29.2 Å². The predicted octanol–water partition coefficient (Wildman–Crippen LogP) is 1.34. The fourth-order valence-electron chi connectivity index (χ4n) is 3.64. The zero-order chi connectivity index (χ0) is 17.7. The molecule has 2 aliphatic rings. The fraction of sp³-hybridized carbons (Fsp3) is 0.353. The van der Waals surface area contributed by atoms with Gasteiger partial charge < -0.3 is 20.9 Å². The Kier molecular flexibility index (Phi) is 3.68. The van der Waals surface area contributed by atoms with E-state index in [1.807, 2.05) is 6.92 Å². The summed E-state index contributed by atoms with van der Waals surface area (Å²) in [5.74, 6) is 0.722. The summed E-state index contributed by atoms with van der Waals surface area (Å²) in [6.07, 6.45) is 1.66. The lowest BCUT2D eigenvalue weighted by Crippen LogP contribution is -2.35. The topological polar surface area (TPSA) is 104 Å². The Morgan fingerprint density at radius 1 is 1.40 bits per heavy atom. The summed E-state index contributed by atoms with van der Waals surface area (Å²) < 4.78 is 0. The van der Waals surface area contributed by atoms with Crippen molar-refractivity contribution in [1.82, 2.24) is 15.3 Å². The number of nitrogens with zero attached hydrogens (tertiary/aromatic N) is 2. The highest BCUT2D eigenvalue weighted by atomic mass is 35.5. The number of primary amides is 1. The standard InChI is InChI=1S/C17H18ClN5O2/c1-8-12(18)5-13(21-8)17(25)22-14-10-6-23(7-11(10)14)16-9(15(19)24)3-2-4-20-16/h2-5,10-11,14,21H,6-7H2,1H3,(H2,19,24)(H,22,25)/t10-,11+,14?. The monoisotopic (exact) mass is 359 g/mol. The Balaban J connectivity index is 1.40. The number of aromatic amines is 1. The van der Waals surface area contributed by atoms with Gasteiger partial charge in [-0.1, -0.05) is 11.6 Å². The minimum atomic E-state index is -0.479. The third kappa shape index (κ3) is 2.74. The van der Waals surface area contributed by atoms with Gasteiger partial charge in [-0.2, -0.15) is 0 Å². The van der Waals surface area contributed by atoms with Gasteiger partial charge >= 0.3 is 0 Å². The van der Waals surface area contributed by atoms with E-state index in [-0.39, 0.29) is 11.9 Å². The number of aryl methyl sites for hydroxylation is 1. The number of H-pyrrole nitrogens is 1. The van der Waals surface area contributed by atoms with E-state index >= 15 is 0 Å². The lowest BCUT2D eigenvalue weighted by Gasteiger charge is -2.22. The molecular formula is C17H18ClN5O2. The molecule has 4 N–H and O–H groups in total. The quantitative estimate of drug-likeness (QED) is 0.766. The van der Waals surface area contributed by atoms with Crippen molar-refractivity contribution < 1.29 is 9.59 Å². The number of carbonyl (C=O) groups excluding carboxylic acids is 2. The van der Waals surface area contributed by atoms with Gasteiger partial charge in [0.25, 0.3) is 11.8 Å². The largest absolute Gasteiger partial charge is 0.365 e. The molecule has 2 aromatic heterocycles. The summed E-state index contributed by atoms with van der Waals surface area (Å²) in [7, 11) is 0. The Labute approximate surface area is 149 Å². The normalized spacial score (nSPS) is 24.1. The third-order valence-corrected chi connectivity index (χ3v) is 5.43. The first-order valence-electron chi connectivity index (χ1n) is 8.11. The lowest BCUT2D eigenvalue weighted by atomic mass is 10.2. The Morgan fingerprint density at radius 2 is 2.12 bits per heavy atom. The first-order chi connectivity index (χ1) is 12.0. The number of hydrogen-bond acceptors (Lipinski definition) is 4. The summed E-state index contributed by atoms with van der Waals surface area (Å²) in [6, 6.07) is 5.17. The minimum absolute atomic E-state index is 0.142. The number of amides is 2. The zero-order valence-electron chi connectivity index (χ0n) is 13.6. The molecule has 4 rings (SSSR count). The molecule has 1 aliphatic heterocycles. The maximum atomic E-state index is 12.3. The van der Waals surface area contributed by atoms with Crippen molar-refractivity contribution in [2.75, 3.05) is 18.0 Å². The van der Waals surface area contributed by atoms with Gasteiger partial charge in [0.15, 0.2) is 0 Å². The number of carbonyl (C=O) groups is 2. The molecule has 0 aromatic carbocycles. The van der Waals surface area contributed by atoms with Crippen LogP contribution in [-0.2, 0) is 0 Å². The van der Waals surface area contributed by atoms with Crippen LogP contribution in [0, 0.1) is 18.8 Å². The van der Waals surface area contributed by atoms with E-state index in [9.17, 15) is 9.59 Å². The molecule has 1 saturated heterocycles. The summed E-state index contributed by atoms with van der Waals surface area (Å²) in [5.41, 5.74) is 7.11. The molecule has 3 atom stereocenters. The Bertz CT molecular complexity index is 833. The van der Waals surface area contributed by atoms with Crippen LogP contribution in [-0.4, -0.2) is 40.9 Å². The highest BCUT2D eigenvalue weighted by Gasteiger charge is 2.57. The third-order valence-electron chi connectivity index (χ3n) is 5.04. The van der Waals surface area contributed by atoms with Gasteiger partial charge in [0.2, 0.25) is 0 Å². The van der Waals surface area contributed by atoms with E-state index in [1.165, 1.54) is 0 Å². The van der Waals surface area contributed by atoms with E-state index in [2.05, 4.69) is 20.2 Å². The average molecular weight is 360 g/mol. The summed E-state index contributed by atoms with van der Waals surface area (Å²) in [4.78, 5) is 33.2. The molecule has 2 fully saturated rings. The van der Waals surface area contributed by atoms with E-state index in [4.69, 9.17) is 17.3 Å². The van der Waals surface area contributed by atoms with Crippen LogP contribution in [0.5, 0.6) is 0 Å². The second kappa shape index (κ2) is 5.77. The molecule has 130 valence electrons. The smallest absolute Gasteiger partial charge is 0.267 e. The maximum Gasteiger partial charge on any atom is 0.267 e. The molecule has 0 spiro atoms. The molecule has 8 heteroatoms. The van der Waals surface area contributed by atoms with Crippen LogP contribution in [0.2, 0.25) is 5.02 Å². The molecule has 0 bridgehead atoms. The molecule has 25 heavy (non-hydrogen) atoms. The number of pyridine rings is 1. The van der Waals surface area contributed by atoms with Crippen molar-refractivity contribution in [3.63, 3.8) is 0 Å². The highest BCUT2D eigenvalue weighted by Crippen LogP contribution is 2.47. The minimum Gasteiger partial charge on any atom is -0.365 e. The number of fused-ring (bicyclic) bond motifs is 1. The molecule has 7 nitrogen and oxygen atoms in total. The first kappa shape index (κ1) is 16.0. The molecule has 2 aromatic rings. The van der Waals surface area contributed by atoms with Gasteiger partial charge in [0, 0.05) is 42.9 Å². The molecule has 1 aliphatic carbocycles. The molecule has 0 radical (unpaired) electrons. The fourth-order valence-corrected chi connectivity index (χ4v) is 3.80. The Hall–Kier alpha value is -2.54. The van der Waals surface area contributed by atoms with E-state index in [0.29, 0.717) is 33.9 Å². The number of rotatable bonds is 4. The van der Waals surface area contributed by atoms with Gasteiger partial charge in [0.1, 0.15) is 11.5 Å². The van der Waals surface area contributed by atoms with Crippen LogP contribution in [0.1, 0.15) is 26.5 Å². The van der Waals surface area contributed by atoms with Crippen molar-refractivity contribution in [2.24, 2.45) is 17.6 Å². The summed E-state index contributed by atoms with van der Waals surface area (Å²) in [6.45, 7) is 3.32. The van der Waals surface area contributed by atoms with Crippen LogP contribution >= 0.6 is 11.6 Å². The van der Waals surface area contributed by atoms with Crippen molar-refractivity contribution in [2.45, 2.75) is 13.0 Å². The second-order valence-corrected chi connectivity index (χ2v) is 7.03. The van der Waals surface area contributed by atoms with Crippen molar-refractivity contribution in [3.8, 4) is 0 Å². The predicted molar refractivity (Wildman–Crippen MR) is 93.7 cm³/mol. The average Bonchev–Trinajstić information content (AvgIpc) is 2.93. The van der Waals surface area contributed by atoms with Crippen LogP contribution in [0.3, 0.4) is 0 Å².